The van der Waals surface area contributed by atoms with Crippen LogP contribution in [0.15, 0.2) is 42.6 Å². The molecule has 0 saturated carbocycles. The lowest BCUT2D eigenvalue weighted by Gasteiger charge is -2.36. The zero-order valence-corrected chi connectivity index (χ0v) is 14.2. The highest BCUT2D eigenvalue weighted by atomic mass is 15.3. The summed E-state index contributed by atoms with van der Waals surface area (Å²) in [6.45, 7) is 4.20. The third kappa shape index (κ3) is 3.81. The van der Waals surface area contributed by atoms with E-state index in [4.69, 9.17) is 4.98 Å². The Morgan fingerprint density at radius 3 is 2.78 bits per heavy atom. The van der Waals surface area contributed by atoms with Crippen LogP contribution < -0.4 is 9.80 Å². The van der Waals surface area contributed by atoms with Crippen LogP contribution in [0, 0.1) is 0 Å². The Morgan fingerprint density at radius 2 is 2.00 bits per heavy atom. The molecule has 4 nitrogen and oxygen atoms in total. The molecule has 1 aromatic heterocycles. The molecule has 2 aromatic rings. The van der Waals surface area contributed by atoms with Gasteiger partial charge in [0.05, 0.1) is 0 Å². The Labute approximate surface area is 139 Å². The van der Waals surface area contributed by atoms with Crippen molar-refractivity contribution in [3.8, 4) is 0 Å². The minimum atomic E-state index is 0.617. The van der Waals surface area contributed by atoms with Gasteiger partial charge in [0, 0.05) is 32.4 Å². The standard InChI is InChI=1S/C19H26N4/c1-3-17-11-7-8-14-23(17)18-12-13-20-19(21-18)22(2)15-16-9-5-4-6-10-16/h4-6,9-10,12-13,17H,3,7-8,11,14-15H2,1-2H3. The number of rotatable bonds is 5. The Balaban J connectivity index is 1.76. The molecule has 23 heavy (non-hydrogen) atoms. The van der Waals surface area contributed by atoms with E-state index in [0.717, 1.165) is 24.9 Å². The van der Waals surface area contributed by atoms with Crippen LogP contribution in [0.25, 0.3) is 0 Å². The molecule has 1 aliphatic heterocycles. The lowest BCUT2D eigenvalue weighted by molar-refractivity contribution is 0.446. The lowest BCUT2D eigenvalue weighted by atomic mass is 10.0. The molecular weight excluding hydrogens is 284 g/mol. The summed E-state index contributed by atoms with van der Waals surface area (Å²) < 4.78 is 0. The number of aromatic nitrogens is 2. The molecule has 0 bridgehead atoms. The average Bonchev–Trinajstić information content (AvgIpc) is 2.62. The minimum Gasteiger partial charge on any atom is -0.353 e. The fourth-order valence-electron chi connectivity index (χ4n) is 3.34. The molecule has 0 amide bonds. The predicted octanol–water partition coefficient (Wildman–Crippen LogP) is 3.88. The van der Waals surface area contributed by atoms with Gasteiger partial charge >= 0.3 is 0 Å². The van der Waals surface area contributed by atoms with E-state index in [-0.39, 0.29) is 0 Å². The Kier molecular flexibility index (Phi) is 5.11. The zero-order chi connectivity index (χ0) is 16.1. The van der Waals surface area contributed by atoms with Crippen molar-refractivity contribution < 1.29 is 0 Å². The first-order chi connectivity index (χ1) is 11.3. The third-order valence-electron chi connectivity index (χ3n) is 4.62. The molecule has 0 spiro atoms. The van der Waals surface area contributed by atoms with Crippen LogP contribution in [0.5, 0.6) is 0 Å². The summed E-state index contributed by atoms with van der Waals surface area (Å²) in [5, 5.41) is 0. The summed E-state index contributed by atoms with van der Waals surface area (Å²) >= 11 is 0. The van der Waals surface area contributed by atoms with Gasteiger partial charge in [-0.2, -0.15) is 4.98 Å². The van der Waals surface area contributed by atoms with Crippen molar-refractivity contribution >= 4 is 11.8 Å². The van der Waals surface area contributed by atoms with Crippen molar-refractivity contribution in [1.82, 2.24) is 9.97 Å². The molecule has 0 radical (unpaired) electrons. The van der Waals surface area contributed by atoms with E-state index in [0.29, 0.717) is 6.04 Å². The second kappa shape index (κ2) is 7.44. The van der Waals surface area contributed by atoms with Gasteiger partial charge in [0.25, 0.3) is 0 Å². The van der Waals surface area contributed by atoms with Crippen molar-refractivity contribution in [3.05, 3.63) is 48.2 Å². The summed E-state index contributed by atoms with van der Waals surface area (Å²) in [4.78, 5) is 13.9. The molecule has 1 aromatic carbocycles. The van der Waals surface area contributed by atoms with Crippen LogP contribution in [-0.4, -0.2) is 29.6 Å². The molecule has 1 aliphatic rings. The van der Waals surface area contributed by atoms with Gasteiger partial charge < -0.3 is 9.80 Å². The van der Waals surface area contributed by atoms with Gasteiger partial charge in [-0.1, -0.05) is 37.3 Å². The number of hydrogen-bond donors (Lipinski definition) is 0. The molecule has 1 fully saturated rings. The summed E-state index contributed by atoms with van der Waals surface area (Å²) in [5.41, 5.74) is 1.27. The first kappa shape index (κ1) is 15.8. The fourth-order valence-corrected chi connectivity index (χ4v) is 3.34. The Hall–Kier alpha value is -2.10. The van der Waals surface area contributed by atoms with Gasteiger partial charge in [-0.15, -0.1) is 0 Å². The second-order valence-electron chi connectivity index (χ2n) is 6.31. The SMILES string of the molecule is CCC1CCCCN1c1ccnc(N(C)Cc2ccccc2)n1. The summed E-state index contributed by atoms with van der Waals surface area (Å²) in [6.07, 6.45) is 6.94. The van der Waals surface area contributed by atoms with Crippen molar-refractivity contribution in [1.29, 1.82) is 0 Å². The number of benzene rings is 1. The molecule has 1 saturated heterocycles. The largest absolute Gasteiger partial charge is 0.353 e. The highest BCUT2D eigenvalue weighted by Crippen LogP contribution is 2.25. The van der Waals surface area contributed by atoms with E-state index in [1.165, 1.54) is 31.2 Å². The van der Waals surface area contributed by atoms with Crippen molar-refractivity contribution in [2.24, 2.45) is 0 Å². The van der Waals surface area contributed by atoms with Gasteiger partial charge in [-0.05, 0) is 37.3 Å². The van der Waals surface area contributed by atoms with Crippen LogP contribution in [0.1, 0.15) is 38.2 Å². The highest BCUT2D eigenvalue weighted by Gasteiger charge is 2.22. The smallest absolute Gasteiger partial charge is 0.227 e. The minimum absolute atomic E-state index is 0.617. The quantitative estimate of drug-likeness (QED) is 0.839. The van der Waals surface area contributed by atoms with Crippen molar-refractivity contribution in [2.75, 3.05) is 23.4 Å². The second-order valence-corrected chi connectivity index (χ2v) is 6.31. The third-order valence-corrected chi connectivity index (χ3v) is 4.62. The molecule has 3 rings (SSSR count). The number of piperidine rings is 1. The monoisotopic (exact) mass is 310 g/mol. The zero-order valence-electron chi connectivity index (χ0n) is 14.2. The first-order valence-electron chi connectivity index (χ1n) is 8.62. The molecule has 0 N–H and O–H groups in total. The van der Waals surface area contributed by atoms with Gasteiger partial charge in [0.2, 0.25) is 5.95 Å². The van der Waals surface area contributed by atoms with Gasteiger partial charge in [0.15, 0.2) is 0 Å². The van der Waals surface area contributed by atoms with E-state index in [9.17, 15) is 0 Å². The maximum Gasteiger partial charge on any atom is 0.227 e. The molecule has 1 atom stereocenters. The fraction of sp³-hybridized carbons (Fsp3) is 0.474. The number of hydrogen-bond acceptors (Lipinski definition) is 4. The van der Waals surface area contributed by atoms with Gasteiger partial charge in [-0.25, -0.2) is 4.98 Å². The molecule has 0 aliphatic carbocycles. The van der Waals surface area contributed by atoms with Crippen LogP contribution in [-0.2, 0) is 6.54 Å². The van der Waals surface area contributed by atoms with E-state index in [1.54, 1.807) is 0 Å². The van der Waals surface area contributed by atoms with Crippen molar-refractivity contribution in [3.63, 3.8) is 0 Å². The maximum absolute atomic E-state index is 4.83. The summed E-state index contributed by atoms with van der Waals surface area (Å²) in [5.74, 6) is 1.87. The van der Waals surface area contributed by atoms with Crippen molar-refractivity contribution in [2.45, 2.75) is 45.2 Å². The van der Waals surface area contributed by atoms with E-state index in [1.807, 2.05) is 18.3 Å². The summed E-state index contributed by atoms with van der Waals surface area (Å²) in [7, 11) is 2.06. The van der Waals surface area contributed by atoms with Crippen LogP contribution in [0.2, 0.25) is 0 Å². The topological polar surface area (TPSA) is 32.3 Å². The lowest BCUT2D eigenvalue weighted by Crippen LogP contribution is -2.39. The van der Waals surface area contributed by atoms with E-state index in [2.05, 4.69) is 53.0 Å². The van der Waals surface area contributed by atoms with Crippen LogP contribution in [0.4, 0.5) is 11.8 Å². The molecule has 1 unspecified atom stereocenters. The van der Waals surface area contributed by atoms with Gasteiger partial charge in [-0.3, -0.25) is 0 Å². The molecular formula is C19H26N4. The van der Waals surface area contributed by atoms with E-state index >= 15 is 0 Å². The maximum atomic E-state index is 4.83. The summed E-state index contributed by atoms with van der Waals surface area (Å²) in [6, 6.07) is 13.1. The number of nitrogens with zero attached hydrogens (tertiary/aromatic N) is 4. The highest BCUT2D eigenvalue weighted by molar-refractivity contribution is 5.45. The molecule has 122 valence electrons. The number of anilines is 2. The van der Waals surface area contributed by atoms with E-state index < -0.39 is 0 Å². The molecule has 4 heteroatoms. The molecule has 2 heterocycles. The predicted molar refractivity (Wildman–Crippen MR) is 95.9 cm³/mol. The Morgan fingerprint density at radius 1 is 1.17 bits per heavy atom. The normalized spacial score (nSPS) is 18.0. The Bertz CT molecular complexity index is 614. The van der Waals surface area contributed by atoms with Crippen LogP contribution in [0.3, 0.4) is 0 Å². The van der Waals surface area contributed by atoms with Gasteiger partial charge in [0.1, 0.15) is 5.82 Å². The average molecular weight is 310 g/mol. The first-order valence-corrected chi connectivity index (χ1v) is 8.62. The van der Waals surface area contributed by atoms with Crippen LogP contribution >= 0.6 is 0 Å².